The van der Waals surface area contributed by atoms with Gasteiger partial charge in [0, 0.05) is 55.1 Å². The highest BCUT2D eigenvalue weighted by Crippen LogP contribution is 2.33. The van der Waals surface area contributed by atoms with E-state index >= 15 is 0 Å². The van der Waals surface area contributed by atoms with Gasteiger partial charge in [0.2, 0.25) is 76.8 Å². The van der Waals surface area contributed by atoms with Gasteiger partial charge in [0.05, 0.1) is 70.7 Å². The fourth-order valence-corrected chi connectivity index (χ4v) is 11.2. The number of fused-ring (bicyclic) bond motifs is 1. The summed E-state index contributed by atoms with van der Waals surface area (Å²) in [5.74, 6) is -13.2. The number of thioether (sulfide) groups is 1. The molecule has 98 heavy (non-hydrogen) atoms. The SMILES string of the molecule is NC(=O)[C@H](Cc1ccccc1)NC(=O)[C@H](CCCN=C(N)N)NC(=O)[C@H](Cc1cnc[nH]1)NC(=O)[C@H](CC(=O)O)NC(=O)[C@H](CO)NC(=O)CNC(=O)[C@H](Cc1ccc(O)cc1)NC(=O)CNC(=O)CNC(=O)CNC(=O)CNC(=O)CNC(=O)CCCC[C@@H]1SC[C@@H]2NC(=O)N[C@@H]21. The Morgan fingerprint density at radius 3 is 1.65 bits per heavy atom. The number of H-pyrrole nitrogens is 1. The molecule has 0 spiro atoms. The molecule has 15 amide bonds. The van der Waals surface area contributed by atoms with Crippen LogP contribution in [-0.4, -0.2) is 232 Å². The predicted molar refractivity (Wildman–Crippen MR) is 346 cm³/mol. The molecular formula is C59H82N20O18S. The molecule has 5 rings (SSSR count). The molecule has 532 valence electrons. The van der Waals surface area contributed by atoms with E-state index in [4.69, 9.17) is 17.2 Å². The number of nitrogens with two attached hydrogens (primary N) is 3. The van der Waals surface area contributed by atoms with Crippen LogP contribution in [0.25, 0.3) is 0 Å². The van der Waals surface area contributed by atoms with E-state index in [9.17, 15) is 87.2 Å². The minimum atomic E-state index is -2.01. The molecule has 2 fully saturated rings. The largest absolute Gasteiger partial charge is 0.508 e. The van der Waals surface area contributed by atoms with Gasteiger partial charge in [-0.25, -0.2) is 9.78 Å². The minimum absolute atomic E-state index is 0.00247. The number of aliphatic hydroxyl groups excluding tert-OH is 1. The van der Waals surface area contributed by atoms with Gasteiger partial charge in [0.15, 0.2) is 5.96 Å². The molecule has 0 unspecified atom stereocenters. The number of aromatic hydroxyl groups is 1. The van der Waals surface area contributed by atoms with Gasteiger partial charge in [0.1, 0.15) is 42.0 Å². The third kappa shape index (κ3) is 28.5. The highest BCUT2D eigenvalue weighted by Gasteiger charge is 2.43. The highest BCUT2D eigenvalue weighted by atomic mass is 32.2. The lowest BCUT2D eigenvalue weighted by Gasteiger charge is -2.26. The van der Waals surface area contributed by atoms with Crippen molar-refractivity contribution >= 4 is 107 Å². The number of rotatable bonds is 42. The van der Waals surface area contributed by atoms with Crippen molar-refractivity contribution in [2.45, 2.75) is 118 Å². The Morgan fingerprint density at radius 2 is 1.07 bits per heavy atom. The molecule has 24 N–H and O–H groups in total. The molecule has 0 radical (unpaired) electrons. The second-order valence-electron chi connectivity index (χ2n) is 22.4. The Labute approximate surface area is 564 Å². The number of primary amides is 1. The number of nitrogens with one attached hydrogen (secondary N) is 15. The average molecular weight is 1390 g/mol. The van der Waals surface area contributed by atoms with E-state index in [-0.39, 0.29) is 91.7 Å². The highest BCUT2D eigenvalue weighted by molar-refractivity contribution is 8.00. The molecule has 3 aromatic rings. The van der Waals surface area contributed by atoms with Crippen molar-refractivity contribution in [2.24, 2.45) is 22.2 Å². The Hall–Kier alpha value is -11.1. The number of carboxylic acids is 1. The lowest BCUT2D eigenvalue weighted by molar-refractivity contribution is -0.141. The van der Waals surface area contributed by atoms with Gasteiger partial charge < -0.3 is 112 Å². The number of imidazole rings is 1. The Kier molecular flexibility index (Phi) is 31.9. The van der Waals surface area contributed by atoms with Gasteiger partial charge in [0.25, 0.3) is 0 Å². The minimum Gasteiger partial charge on any atom is -0.508 e. The summed E-state index contributed by atoms with van der Waals surface area (Å²) < 4.78 is 0. The summed E-state index contributed by atoms with van der Waals surface area (Å²) in [7, 11) is 0. The quantitative estimate of drug-likeness (QED) is 0.0108. The molecule has 2 aliphatic rings. The molecule has 39 heteroatoms. The predicted octanol–water partition coefficient (Wildman–Crippen LogP) is -8.52. The molecule has 3 heterocycles. The topological polar surface area (TPSA) is 604 Å². The Bertz CT molecular complexity index is 3330. The van der Waals surface area contributed by atoms with Crippen LogP contribution < -0.4 is 91.6 Å². The zero-order valence-corrected chi connectivity index (χ0v) is 53.8. The van der Waals surface area contributed by atoms with Crippen molar-refractivity contribution in [3.63, 3.8) is 0 Å². The number of guanidine groups is 1. The number of urea groups is 1. The summed E-state index contributed by atoms with van der Waals surface area (Å²) in [6.07, 6.45) is 3.06. The van der Waals surface area contributed by atoms with Crippen molar-refractivity contribution in [3.05, 3.63) is 83.9 Å². The number of aliphatic imine (C=N–C) groups is 1. The van der Waals surface area contributed by atoms with Crippen molar-refractivity contribution in [3.8, 4) is 5.75 Å². The molecule has 1 aromatic heterocycles. The number of aromatic nitrogens is 2. The van der Waals surface area contributed by atoms with Crippen molar-refractivity contribution < 1.29 is 87.2 Å². The van der Waals surface area contributed by atoms with Crippen LogP contribution in [0.1, 0.15) is 61.8 Å². The summed E-state index contributed by atoms with van der Waals surface area (Å²) in [5.41, 5.74) is 17.8. The van der Waals surface area contributed by atoms with Crippen LogP contribution in [0.3, 0.4) is 0 Å². The molecule has 2 aromatic carbocycles. The van der Waals surface area contributed by atoms with Gasteiger partial charge in [-0.3, -0.25) is 72.1 Å². The second-order valence-corrected chi connectivity index (χ2v) is 23.7. The smallest absolute Gasteiger partial charge is 0.315 e. The number of aliphatic carboxylic acids is 1. The Balaban J connectivity index is 1.08. The number of benzene rings is 2. The first kappa shape index (κ1) is 77.6. The summed E-state index contributed by atoms with van der Waals surface area (Å²) in [6, 6.07) is 4.22. The standard InChI is InChI=1S/C59H82N20O18S/c60-52(91)36(17-31-7-2-1-3-8-31)75-54(93)35(9-6-16-64-58(61)62)74-55(94)38(19-33-21-63-30-71-33)76-56(95)39(20-50(89)90)77-57(96)40(28-80)73-49(88)27-70-53(92)37(18-32-12-14-34(81)15-13-32)72-48(87)26-69-47(86)25-68-46(85)24-67-45(84)23-66-44(83)22-65-43(82)11-5-4-10-42-51-41(29-98-42)78-59(97)79-51/h1-3,7-8,12-15,21,30,35-42,51,80-81H,4-6,9-11,16-20,22-29H2,(H2,60,91)(H,63,71)(H,65,82)(H,66,83)(H,67,84)(H,68,85)(H,69,86)(H,70,92)(H,72,87)(H,73,88)(H,74,94)(H,75,93)(H,76,95)(H,77,96)(H,89,90)(H4,61,62,64)(H2,78,79,97)/t35-,36-,37-,38-,39-,40-,41-,42-,51-/m0/s1. The first-order valence-corrected chi connectivity index (χ1v) is 31.9. The van der Waals surface area contributed by atoms with Crippen LogP contribution in [0.5, 0.6) is 5.75 Å². The molecule has 38 nitrogen and oxygen atoms in total. The third-order valence-electron chi connectivity index (χ3n) is 14.7. The van der Waals surface area contributed by atoms with Crippen LogP contribution in [0.4, 0.5) is 4.79 Å². The average Bonchev–Trinajstić information content (AvgIpc) is 1.62. The number of carbonyl (C=O) groups excluding carboxylic acids is 14. The maximum Gasteiger partial charge on any atom is 0.315 e. The van der Waals surface area contributed by atoms with Crippen LogP contribution >= 0.6 is 11.8 Å². The van der Waals surface area contributed by atoms with Gasteiger partial charge in [-0.05, 0) is 48.9 Å². The van der Waals surface area contributed by atoms with Crippen molar-refractivity contribution in [2.75, 3.05) is 58.2 Å². The Morgan fingerprint density at radius 1 is 0.561 bits per heavy atom. The number of phenolic OH excluding ortho intramolecular Hbond substituents is 1. The summed E-state index contributed by atoms with van der Waals surface area (Å²) in [6.45, 7) is -5.07. The first-order chi connectivity index (χ1) is 46.7. The number of hydrogen-bond acceptors (Lipinski definition) is 20. The van der Waals surface area contributed by atoms with Gasteiger partial charge in [-0.1, -0.05) is 48.9 Å². The molecule has 0 bridgehead atoms. The number of unbranched alkanes of at least 4 members (excludes halogenated alkanes) is 1. The van der Waals surface area contributed by atoms with Crippen LogP contribution in [0.2, 0.25) is 0 Å². The lowest BCUT2D eigenvalue weighted by Crippen LogP contribution is -2.60. The number of hydrogen-bond donors (Lipinski definition) is 21. The van der Waals surface area contributed by atoms with E-state index in [1.807, 2.05) is 0 Å². The zero-order valence-electron chi connectivity index (χ0n) is 53.0. The number of amides is 15. The second kappa shape index (κ2) is 40.3. The molecular weight excluding hydrogens is 1310 g/mol. The fourth-order valence-electron chi connectivity index (χ4n) is 9.70. The number of carboxylic acid groups (broad SMARTS) is 1. The fraction of sp³-hybridized carbons (Fsp3) is 0.475. The van der Waals surface area contributed by atoms with Gasteiger partial charge >= 0.3 is 12.0 Å². The molecule has 2 aliphatic heterocycles. The van der Waals surface area contributed by atoms with Crippen molar-refractivity contribution in [1.82, 2.24) is 84.4 Å². The normalized spacial score (nSPS) is 16.1. The van der Waals surface area contributed by atoms with E-state index < -0.39 is 165 Å². The maximum atomic E-state index is 14.1. The first-order valence-electron chi connectivity index (χ1n) is 30.8. The van der Waals surface area contributed by atoms with Gasteiger partial charge in [-0.2, -0.15) is 11.8 Å². The van der Waals surface area contributed by atoms with E-state index in [0.29, 0.717) is 17.5 Å². The third-order valence-corrected chi connectivity index (χ3v) is 16.2. The lowest BCUT2D eigenvalue weighted by atomic mass is 10.0. The molecule has 9 atom stereocenters. The molecule has 2 saturated heterocycles. The van der Waals surface area contributed by atoms with Crippen molar-refractivity contribution in [1.29, 1.82) is 0 Å². The van der Waals surface area contributed by atoms with Crippen LogP contribution in [0, 0.1) is 0 Å². The van der Waals surface area contributed by atoms with E-state index in [0.717, 1.165) is 18.6 Å². The number of phenols is 1. The van der Waals surface area contributed by atoms with E-state index in [1.165, 1.54) is 36.8 Å². The number of carbonyl (C=O) groups is 15. The molecule has 0 saturated carbocycles. The summed E-state index contributed by atoms with van der Waals surface area (Å²) in [5, 5.41) is 63.7. The number of aromatic amines is 1. The van der Waals surface area contributed by atoms with Gasteiger partial charge in [-0.15, -0.1) is 0 Å². The van der Waals surface area contributed by atoms with Crippen LogP contribution in [-0.2, 0) is 86.4 Å². The summed E-state index contributed by atoms with van der Waals surface area (Å²) in [4.78, 5) is 204. The monoisotopic (exact) mass is 1390 g/mol. The van der Waals surface area contributed by atoms with Crippen LogP contribution in [0.15, 0.2) is 72.1 Å². The van der Waals surface area contributed by atoms with E-state index in [1.54, 1.807) is 42.1 Å². The zero-order chi connectivity index (χ0) is 71.7. The number of nitrogens with zero attached hydrogens (tertiary/aromatic N) is 2. The number of aliphatic hydroxyl groups is 1. The maximum absolute atomic E-state index is 14.1. The van der Waals surface area contributed by atoms with E-state index in [2.05, 4.69) is 89.4 Å². The molecule has 0 aliphatic carbocycles. The summed E-state index contributed by atoms with van der Waals surface area (Å²) >= 11 is 1.76.